The number of hydrogen-bond donors (Lipinski definition) is 1. The van der Waals surface area contributed by atoms with Gasteiger partial charge in [-0.1, -0.05) is 36.4 Å². The van der Waals surface area contributed by atoms with Crippen molar-refractivity contribution in [1.82, 2.24) is 0 Å². The maximum atomic E-state index is 10.0. The summed E-state index contributed by atoms with van der Waals surface area (Å²) in [4.78, 5) is 0. The van der Waals surface area contributed by atoms with Gasteiger partial charge in [-0.25, -0.2) is 0 Å². The first kappa shape index (κ1) is 15.6. The molecular weight excluding hydrogens is 284 g/mol. The predicted molar refractivity (Wildman–Crippen MR) is 79.9 cm³/mol. The van der Waals surface area contributed by atoms with Gasteiger partial charge >= 0.3 is 0 Å². The molecule has 2 fully saturated rings. The van der Waals surface area contributed by atoms with Crippen LogP contribution in [0.5, 0.6) is 0 Å². The average Bonchev–Trinajstić information content (AvgIpc) is 2.99. The first-order valence-corrected chi connectivity index (χ1v) is 7.47. The van der Waals surface area contributed by atoms with Crippen LogP contribution in [0.25, 0.3) is 0 Å². The normalized spacial score (nSPS) is 34.3. The molecule has 0 amide bonds. The van der Waals surface area contributed by atoms with E-state index in [1.807, 2.05) is 44.2 Å². The lowest BCUT2D eigenvalue weighted by Gasteiger charge is -2.25. The first-order valence-electron chi connectivity index (χ1n) is 7.47. The summed E-state index contributed by atoms with van der Waals surface area (Å²) in [6.45, 7) is 7.71. The molecule has 5 heteroatoms. The van der Waals surface area contributed by atoms with E-state index in [-0.39, 0.29) is 12.2 Å². The molecule has 1 aromatic carbocycles. The minimum Gasteiger partial charge on any atom is -0.386 e. The molecule has 2 saturated heterocycles. The molecule has 2 aliphatic heterocycles. The van der Waals surface area contributed by atoms with Crippen LogP contribution in [0.4, 0.5) is 0 Å². The summed E-state index contributed by atoms with van der Waals surface area (Å²) in [7, 11) is 0. The highest BCUT2D eigenvalue weighted by Crippen LogP contribution is 2.40. The van der Waals surface area contributed by atoms with Gasteiger partial charge in [0.15, 0.2) is 12.1 Å². The van der Waals surface area contributed by atoms with Gasteiger partial charge in [-0.2, -0.15) is 0 Å². The first-order chi connectivity index (χ1) is 10.5. The zero-order valence-corrected chi connectivity index (χ0v) is 12.8. The molecule has 0 aliphatic carbocycles. The molecule has 0 saturated carbocycles. The molecular formula is C17H22O5. The third-order valence-electron chi connectivity index (χ3n) is 3.88. The van der Waals surface area contributed by atoms with E-state index in [1.54, 1.807) is 0 Å². The number of aliphatic hydroxyl groups excluding tert-OH is 1. The Labute approximate surface area is 130 Å². The highest BCUT2D eigenvalue weighted by molar-refractivity contribution is 5.13. The van der Waals surface area contributed by atoms with Crippen LogP contribution in [0, 0.1) is 0 Å². The van der Waals surface area contributed by atoms with E-state index in [1.165, 1.54) is 6.08 Å². The van der Waals surface area contributed by atoms with Crippen LogP contribution in [-0.4, -0.2) is 41.6 Å². The van der Waals surface area contributed by atoms with Crippen molar-refractivity contribution in [3.8, 4) is 0 Å². The van der Waals surface area contributed by atoms with Crippen molar-refractivity contribution >= 4 is 0 Å². The molecule has 1 aromatic rings. The van der Waals surface area contributed by atoms with Crippen molar-refractivity contribution < 1.29 is 24.1 Å². The largest absolute Gasteiger partial charge is 0.386 e. The van der Waals surface area contributed by atoms with E-state index >= 15 is 0 Å². The van der Waals surface area contributed by atoms with E-state index in [0.717, 1.165) is 5.56 Å². The summed E-state index contributed by atoms with van der Waals surface area (Å²) in [6, 6.07) is 9.84. The van der Waals surface area contributed by atoms with Crippen molar-refractivity contribution in [3.63, 3.8) is 0 Å². The van der Waals surface area contributed by atoms with Gasteiger partial charge in [0.25, 0.3) is 0 Å². The standard InChI is InChI=1S/C17H22O5/c1-4-12(18)13-14-15(22-17(2,3)21-14)16(20-13)19-10-11-8-6-5-7-9-11/h4-9,12-16,18H,1,10H2,2-3H3. The molecule has 5 atom stereocenters. The minimum atomic E-state index is -0.824. The number of ether oxygens (including phenoxy) is 4. The van der Waals surface area contributed by atoms with Gasteiger partial charge < -0.3 is 24.1 Å². The Morgan fingerprint density at radius 3 is 2.64 bits per heavy atom. The van der Waals surface area contributed by atoms with Crippen molar-refractivity contribution in [2.45, 2.75) is 56.9 Å². The molecule has 0 spiro atoms. The van der Waals surface area contributed by atoms with Crippen LogP contribution in [0.2, 0.25) is 0 Å². The lowest BCUT2D eigenvalue weighted by Crippen LogP contribution is -2.37. The van der Waals surface area contributed by atoms with Crippen LogP contribution < -0.4 is 0 Å². The Hall–Kier alpha value is -1.24. The smallest absolute Gasteiger partial charge is 0.187 e. The molecule has 0 bridgehead atoms. The molecule has 1 N–H and O–H groups in total. The highest BCUT2D eigenvalue weighted by Gasteiger charge is 2.57. The second kappa shape index (κ2) is 6.10. The number of hydrogen-bond acceptors (Lipinski definition) is 5. The second-order valence-corrected chi connectivity index (χ2v) is 6.06. The molecule has 120 valence electrons. The third kappa shape index (κ3) is 3.09. The molecule has 0 radical (unpaired) electrons. The summed E-state index contributed by atoms with van der Waals surface area (Å²) >= 11 is 0. The Morgan fingerprint density at radius 2 is 1.95 bits per heavy atom. The van der Waals surface area contributed by atoms with Crippen molar-refractivity contribution in [2.24, 2.45) is 0 Å². The van der Waals surface area contributed by atoms with E-state index < -0.39 is 24.3 Å². The summed E-state index contributed by atoms with van der Waals surface area (Å²) in [5.74, 6) is -0.716. The van der Waals surface area contributed by atoms with Crippen molar-refractivity contribution in [3.05, 3.63) is 48.6 Å². The van der Waals surface area contributed by atoms with E-state index in [9.17, 15) is 5.11 Å². The molecule has 3 rings (SSSR count). The fourth-order valence-corrected chi connectivity index (χ4v) is 2.89. The van der Waals surface area contributed by atoms with E-state index in [2.05, 4.69) is 6.58 Å². The quantitative estimate of drug-likeness (QED) is 0.843. The second-order valence-electron chi connectivity index (χ2n) is 6.06. The van der Waals surface area contributed by atoms with Gasteiger partial charge in [0.1, 0.15) is 24.4 Å². The van der Waals surface area contributed by atoms with Gasteiger partial charge in [-0.15, -0.1) is 6.58 Å². The van der Waals surface area contributed by atoms with E-state index in [4.69, 9.17) is 18.9 Å². The Morgan fingerprint density at radius 1 is 1.27 bits per heavy atom. The SMILES string of the molecule is C=CC(O)C1OC(OCc2ccccc2)C2OC(C)(C)OC12. The fraction of sp³-hybridized carbons (Fsp3) is 0.529. The third-order valence-corrected chi connectivity index (χ3v) is 3.88. The molecule has 2 aliphatic rings. The van der Waals surface area contributed by atoms with Gasteiger partial charge in [0, 0.05) is 0 Å². The number of aliphatic hydroxyl groups is 1. The zero-order valence-electron chi connectivity index (χ0n) is 12.8. The van der Waals surface area contributed by atoms with E-state index in [0.29, 0.717) is 6.61 Å². The molecule has 5 nitrogen and oxygen atoms in total. The monoisotopic (exact) mass is 306 g/mol. The maximum Gasteiger partial charge on any atom is 0.187 e. The fourth-order valence-electron chi connectivity index (χ4n) is 2.89. The van der Waals surface area contributed by atoms with Crippen LogP contribution >= 0.6 is 0 Å². The predicted octanol–water partition coefficient (Wildman–Crippen LogP) is 2.00. The Kier molecular flexibility index (Phi) is 4.34. The van der Waals surface area contributed by atoms with Crippen LogP contribution in [0.3, 0.4) is 0 Å². The van der Waals surface area contributed by atoms with Crippen LogP contribution in [-0.2, 0) is 25.6 Å². The lowest BCUT2D eigenvalue weighted by atomic mass is 10.1. The van der Waals surface area contributed by atoms with Crippen molar-refractivity contribution in [2.75, 3.05) is 0 Å². The Bertz CT molecular complexity index is 515. The summed E-state index contributed by atoms with van der Waals surface area (Å²) in [5.41, 5.74) is 1.05. The highest BCUT2D eigenvalue weighted by atomic mass is 16.8. The van der Waals surface area contributed by atoms with Gasteiger partial charge in [-0.05, 0) is 19.4 Å². The molecule has 0 aromatic heterocycles. The average molecular weight is 306 g/mol. The maximum absolute atomic E-state index is 10.0. The zero-order chi connectivity index (χ0) is 15.7. The lowest BCUT2D eigenvalue weighted by molar-refractivity contribution is -0.243. The topological polar surface area (TPSA) is 57.2 Å². The summed E-state index contributed by atoms with van der Waals surface area (Å²) in [6.07, 6.45) is -1.23. The minimum absolute atomic E-state index is 0.363. The van der Waals surface area contributed by atoms with Gasteiger partial charge in [0.05, 0.1) is 6.61 Å². The van der Waals surface area contributed by atoms with Crippen LogP contribution in [0.1, 0.15) is 19.4 Å². The summed E-state index contributed by atoms with van der Waals surface area (Å²) in [5, 5.41) is 10.0. The van der Waals surface area contributed by atoms with Gasteiger partial charge in [-0.3, -0.25) is 0 Å². The number of fused-ring (bicyclic) bond motifs is 1. The van der Waals surface area contributed by atoms with Crippen LogP contribution in [0.15, 0.2) is 43.0 Å². The van der Waals surface area contributed by atoms with Gasteiger partial charge in [0.2, 0.25) is 0 Å². The molecule has 22 heavy (non-hydrogen) atoms. The Balaban J connectivity index is 1.70. The summed E-state index contributed by atoms with van der Waals surface area (Å²) < 4.78 is 23.4. The molecule has 5 unspecified atom stereocenters. The molecule has 2 heterocycles. The number of benzene rings is 1. The number of rotatable bonds is 5. The van der Waals surface area contributed by atoms with Crippen molar-refractivity contribution in [1.29, 1.82) is 0 Å².